The van der Waals surface area contributed by atoms with E-state index in [0.29, 0.717) is 12.5 Å². The summed E-state index contributed by atoms with van der Waals surface area (Å²) in [6.07, 6.45) is 4.57. The summed E-state index contributed by atoms with van der Waals surface area (Å²) in [7, 11) is 4.13. The van der Waals surface area contributed by atoms with Crippen LogP contribution in [0.2, 0.25) is 0 Å². The molecule has 0 fully saturated rings. The van der Waals surface area contributed by atoms with Crippen LogP contribution >= 0.6 is 0 Å². The molecule has 136 valence electrons. The van der Waals surface area contributed by atoms with Crippen molar-refractivity contribution in [3.8, 4) is 16.9 Å². The zero-order chi connectivity index (χ0) is 18.4. The van der Waals surface area contributed by atoms with E-state index in [1.807, 2.05) is 24.5 Å². The average molecular weight is 341 g/mol. The van der Waals surface area contributed by atoms with Crippen molar-refractivity contribution in [3.05, 3.63) is 48.3 Å². The van der Waals surface area contributed by atoms with Crippen molar-refractivity contribution in [3.63, 3.8) is 0 Å². The Labute approximate surface area is 152 Å². The Morgan fingerprint density at radius 3 is 2.40 bits per heavy atom. The number of aromatic nitrogens is 1. The molecule has 2 rings (SSSR count). The van der Waals surface area contributed by atoms with E-state index in [-0.39, 0.29) is 5.54 Å². The smallest absolute Gasteiger partial charge is 0.123 e. The highest BCUT2D eigenvalue weighted by molar-refractivity contribution is 5.65. The number of nitrogens with two attached hydrogens (primary N) is 1. The van der Waals surface area contributed by atoms with Crippen LogP contribution in [0.25, 0.3) is 11.1 Å². The lowest BCUT2D eigenvalue weighted by Gasteiger charge is -2.27. The summed E-state index contributed by atoms with van der Waals surface area (Å²) < 4.78 is 6.13. The van der Waals surface area contributed by atoms with Crippen molar-refractivity contribution in [1.82, 2.24) is 9.88 Å². The maximum absolute atomic E-state index is 6.40. The van der Waals surface area contributed by atoms with Crippen molar-refractivity contribution in [1.29, 1.82) is 0 Å². The number of hydrogen-bond donors (Lipinski definition) is 1. The molecular formula is C21H31N3O. The quantitative estimate of drug-likeness (QED) is 0.790. The van der Waals surface area contributed by atoms with Crippen LogP contribution in [-0.2, 0) is 6.54 Å². The van der Waals surface area contributed by atoms with Gasteiger partial charge in [0.05, 0.1) is 0 Å². The van der Waals surface area contributed by atoms with Gasteiger partial charge in [0, 0.05) is 30.0 Å². The first-order valence-corrected chi connectivity index (χ1v) is 8.86. The number of rotatable bonds is 8. The topological polar surface area (TPSA) is 51.4 Å². The number of nitrogens with zero attached hydrogens (tertiary/aromatic N) is 2. The predicted octanol–water partition coefficient (Wildman–Crippen LogP) is 3.95. The number of pyridine rings is 1. The third kappa shape index (κ3) is 6.15. The van der Waals surface area contributed by atoms with Gasteiger partial charge in [-0.2, -0.15) is 0 Å². The Balaban J connectivity index is 2.22. The molecule has 4 heteroatoms. The van der Waals surface area contributed by atoms with Crippen LogP contribution in [0.5, 0.6) is 5.75 Å². The minimum Gasteiger partial charge on any atom is -0.491 e. The normalized spacial score (nSPS) is 13.9. The third-order valence-electron chi connectivity index (χ3n) is 3.99. The molecule has 0 amide bonds. The van der Waals surface area contributed by atoms with E-state index >= 15 is 0 Å². The van der Waals surface area contributed by atoms with E-state index in [1.54, 1.807) is 0 Å². The molecule has 0 saturated heterocycles. The summed E-state index contributed by atoms with van der Waals surface area (Å²) in [5, 5.41) is 0. The largest absolute Gasteiger partial charge is 0.491 e. The van der Waals surface area contributed by atoms with Crippen LogP contribution in [-0.4, -0.2) is 36.1 Å². The van der Waals surface area contributed by atoms with Crippen LogP contribution in [0.15, 0.2) is 42.7 Å². The molecule has 1 atom stereocenters. The first kappa shape index (κ1) is 19.4. The molecule has 1 unspecified atom stereocenters. The molecule has 1 aromatic heterocycles. The Hall–Kier alpha value is -1.91. The summed E-state index contributed by atoms with van der Waals surface area (Å²) in [5.41, 5.74) is 9.56. The number of benzene rings is 1. The Bertz CT molecular complexity index is 666. The molecule has 2 aromatic rings. The molecular weight excluding hydrogens is 310 g/mol. The second-order valence-electron chi connectivity index (χ2n) is 7.84. The minimum absolute atomic E-state index is 0.326. The molecule has 0 aliphatic carbocycles. The van der Waals surface area contributed by atoms with Gasteiger partial charge in [-0.15, -0.1) is 0 Å². The molecule has 4 nitrogen and oxygen atoms in total. The van der Waals surface area contributed by atoms with Crippen LogP contribution in [0.4, 0.5) is 0 Å². The van der Waals surface area contributed by atoms with E-state index in [2.05, 4.69) is 62.9 Å². The van der Waals surface area contributed by atoms with Gasteiger partial charge in [-0.25, -0.2) is 0 Å². The van der Waals surface area contributed by atoms with Gasteiger partial charge < -0.3 is 15.4 Å². The zero-order valence-electron chi connectivity index (χ0n) is 16.1. The van der Waals surface area contributed by atoms with Gasteiger partial charge in [-0.1, -0.05) is 19.9 Å². The molecule has 0 radical (unpaired) electrons. The predicted molar refractivity (Wildman–Crippen MR) is 105 cm³/mol. The summed E-state index contributed by atoms with van der Waals surface area (Å²) in [5.74, 6) is 1.46. The monoisotopic (exact) mass is 341 g/mol. The highest BCUT2D eigenvalue weighted by atomic mass is 16.5. The molecule has 0 aliphatic rings. The molecule has 1 aromatic carbocycles. The summed E-state index contributed by atoms with van der Waals surface area (Å²) in [6, 6.07) is 10.4. The molecule has 2 N–H and O–H groups in total. The van der Waals surface area contributed by atoms with E-state index in [9.17, 15) is 0 Å². The Kier molecular flexibility index (Phi) is 6.57. The van der Waals surface area contributed by atoms with Crippen molar-refractivity contribution in [2.24, 2.45) is 11.7 Å². The van der Waals surface area contributed by atoms with Gasteiger partial charge in [0.25, 0.3) is 0 Å². The fraction of sp³-hybridized carbons (Fsp3) is 0.476. The lowest BCUT2D eigenvalue weighted by molar-refractivity contribution is 0.203. The Morgan fingerprint density at radius 2 is 1.80 bits per heavy atom. The standard InChI is InChI=1S/C21H31N3O/c1-16(2)13-21(3,22)15-25-20-7-6-18(12-19(20)14-24(4)5)17-8-10-23-11-9-17/h6-12,16H,13-15,22H2,1-5H3. The van der Waals surface area contributed by atoms with E-state index < -0.39 is 0 Å². The van der Waals surface area contributed by atoms with Gasteiger partial charge in [-0.05, 0) is 68.8 Å². The zero-order valence-corrected chi connectivity index (χ0v) is 16.1. The SMILES string of the molecule is CC(C)CC(C)(N)COc1ccc(-c2ccncc2)cc1CN(C)C. The fourth-order valence-electron chi connectivity index (χ4n) is 3.14. The van der Waals surface area contributed by atoms with Crippen LogP contribution in [0.3, 0.4) is 0 Å². The number of ether oxygens (including phenoxy) is 1. The molecule has 0 spiro atoms. The molecule has 0 bridgehead atoms. The van der Waals surface area contributed by atoms with Gasteiger partial charge >= 0.3 is 0 Å². The maximum Gasteiger partial charge on any atom is 0.123 e. The minimum atomic E-state index is -0.326. The first-order valence-electron chi connectivity index (χ1n) is 8.86. The molecule has 1 heterocycles. The van der Waals surface area contributed by atoms with Crippen molar-refractivity contribution < 1.29 is 4.74 Å². The summed E-state index contributed by atoms with van der Waals surface area (Å²) in [6.45, 7) is 7.77. The van der Waals surface area contributed by atoms with Gasteiger partial charge in [0.15, 0.2) is 0 Å². The lowest BCUT2D eigenvalue weighted by atomic mass is 9.93. The highest BCUT2D eigenvalue weighted by Gasteiger charge is 2.21. The molecule has 0 aliphatic heterocycles. The van der Waals surface area contributed by atoms with E-state index in [1.165, 1.54) is 11.1 Å². The summed E-state index contributed by atoms with van der Waals surface area (Å²) >= 11 is 0. The first-order chi connectivity index (χ1) is 11.8. The van der Waals surface area contributed by atoms with Crippen LogP contribution < -0.4 is 10.5 Å². The maximum atomic E-state index is 6.40. The molecule has 25 heavy (non-hydrogen) atoms. The van der Waals surface area contributed by atoms with Crippen molar-refractivity contribution in [2.45, 2.75) is 39.3 Å². The average Bonchev–Trinajstić information content (AvgIpc) is 2.53. The lowest BCUT2D eigenvalue weighted by Crippen LogP contribution is -2.43. The van der Waals surface area contributed by atoms with Crippen molar-refractivity contribution in [2.75, 3.05) is 20.7 Å². The fourth-order valence-corrected chi connectivity index (χ4v) is 3.14. The highest BCUT2D eigenvalue weighted by Crippen LogP contribution is 2.28. The second-order valence-corrected chi connectivity index (χ2v) is 7.84. The van der Waals surface area contributed by atoms with Crippen molar-refractivity contribution >= 4 is 0 Å². The second kappa shape index (κ2) is 8.45. The van der Waals surface area contributed by atoms with Gasteiger partial charge in [0.1, 0.15) is 12.4 Å². The third-order valence-corrected chi connectivity index (χ3v) is 3.99. The van der Waals surface area contributed by atoms with Crippen LogP contribution in [0, 0.1) is 5.92 Å². The van der Waals surface area contributed by atoms with E-state index in [0.717, 1.165) is 24.3 Å². The van der Waals surface area contributed by atoms with Gasteiger partial charge in [-0.3, -0.25) is 4.98 Å². The Morgan fingerprint density at radius 1 is 1.12 bits per heavy atom. The molecule has 0 saturated carbocycles. The summed E-state index contributed by atoms with van der Waals surface area (Å²) in [4.78, 5) is 6.24. The van der Waals surface area contributed by atoms with Gasteiger partial charge in [0.2, 0.25) is 0 Å². The van der Waals surface area contributed by atoms with E-state index in [4.69, 9.17) is 10.5 Å². The number of hydrogen-bond acceptors (Lipinski definition) is 4. The van der Waals surface area contributed by atoms with Crippen LogP contribution in [0.1, 0.15) is 32.8 Å².